The second kappa shape index (κ2) is 9.79. The molecule has 0 unspecified atom stereocenters. The molecule has 1 N–H and O–H groups in total. The maximum Gasteiger partial charge on any atom is 0.257 e. The normalized spacial score (nSPS) is 12.2. The summed E-state index contributed by atoms with van der Waals surface area (Å²) in [4.78, 5) is 29.7. The van der Waals surface area contributed by atoms with Crippen LogP contribution in [0.4, 0.5) is 0 Å². The minimum Gasteiger partial charge on any atom is -0.619 e. The van der Waals surface area contributed by atoms with Crippen LogP contribution in [0.2, 0.25) is 0 Å². The van der Waals surface area contributed by atoms with Crippen molar-refractivity contribution in [1.82, 2.24) is 14.9 Å². The van der Waals surface area contributed by atoms with Crippen molar-refractivity contribution in [3.8, 4) is 17.5 Å². The third-order valence-corrected chi connectivity index (χ3v) is 5.00. The minimum absolute atomic E-state index is 0.129. The van der Waals surface area contributed by atoms with Crippen molar-refractivity contribution in [3.63, 3.8) is 0 Å². The Kier molecular flexibility index (Phi) is 6.46. The van der Waals surface area contributed by atoms with Gasteiger partial charge in [-0.3, -0.25) is 9.59 Å². The van der Waals surface area contributed by atoms with E-state index in [1.165, 1.54) is 12.4 Å². The van der Waals surface area contributed by atoms with Gasteiger partial charge in [0.25, 0.3) is 5.91 Å². The van der Waals surface area contributed by atoms with Gasteiger partial charge in [-0.05, 0) is 50.1 Å². The number of benzene rings is 1. The lowest BCUT2D eigenvalue weighted by atomic mass is 10.1. The van der Waals surface area contributed by atoms with Crippen LogP contribution in [0.25, 0.3) is 16.7 Å². The fourth-order valence-corrected chi connectivity index (χ4v) is 3.27. The Labute approximate surface area is 190 Å². The van der Waals surface area contributed by atoms with Crippen molar-refractivity contribution >= 4 is 16.9 Å². The molecule has 1 amide bonds. The lowest BCUT2D eigenvalue weighted by Gasteiger charge is -2.13. The predicted molar refractivity (Wildman–Crippen MR) is 126 cm³/mol. The summed E-state index contributed by atoms with van der Waals surface area (Å²) in [5, 5.41) is 13.5. The number of carbonyl (C=O) groups is 1. The average molecular weight is 438 g/mol. The highest BCUT2D eigenvalue weighted by atomic mass is 16.5. The molecular weight excluding hydrogens is 416 g/mol. The van der Waals surface area contributed by atoms with E-state index in [1.54, 1.807) is 54.2 Å². The van der Waals surface area contributed by atoms with Gasteiger partial charge in [0.05, 0.1) is 5.39 Å². The summed E-state index contributed by atoms with van der Waals surface area (Å²) < 4.78 is 2.53. The van der Waals surface area contributed by atoms with Crippen molar-refractivity contribution in [2.24, 2.45) is 0 Å². The zero-order valence-electron chi connectivity index (χ0n) is 18.1. The number of carbonyl (C=O) groups excluding carboxylic acids is 1. The molecule has 7 nitrogen and oxygen atoms in total. The molecule has 1 saturated carbocycles. The van der Waals surface area contributed by atoms with Crippen molar-refractivity contribution in [3.05, 3.63) is 106 Å². The summed E-state index contributed by atoms with van der Waals surface area (Å²) in [6.45, 7) is 1.78. The molecule has 1 aliphatic carbocycles. The standard InChI is InChI=1S/C21H17N3O2.C5H5NO/c1-2-5-14-6-3-7-16(12-14)24-13-18(21(26)23-15-9-10-15)19(25)17-8-4-11-22-20(17)24;7-6-4-2-1-3-5-6/h3-4,6-8,11-13,15H,9-10H2,1H3,(H,23,26);1-5H. The zero-order chi connectivity index (χ0) is 23.2. The van der Waals surface area contributed by atoms with Crippen LogP contribution in [0.3, 0.4) is 0 Å². The van der Waals surface area contributed by atoms with Gasteiger partial charge in [0.2, 0.25) is 5.43 Å². The Morgan fingerprint density at radius 1 is 1.15 bits per heavy atom. The number of hydrogen-bond donors (Lipinski definition) is 1. The Morgan fingerprint density at radius 3 is 2.61 bits per heavy atom. The highest BCUT2D eigenvalue weighted by Gasteiger charge is 2.26. The number of rotatable bonds is 3. The molecule has 33 heavy (non-hydrogen) atoms. The van der Waals surface area contributed by atoms with E-state index >= 15 is 0 Å². The first-order valence-electron chi connectivity index (χ1n) is 10.5. The molecule has 1 aliphatic rings. The molecule has 4 aromatic rings. The monoisotopic (exact) mass is 438 g/mol. The van der Waals surface area contributed by atoms with Crippen LogP contribution in [0.5, 0.6) is 0 Å². The number of pyridine rings is 3. The number of hydrogen-bond acceptors (Lipinski definition) is 4. The van der Waals surface area contributed by atoms with E-state index in [-0.39, 0.29) is 22.9 Å². The summed E-state index contributed by atoms with van der Waals surface area (Å²) in [5.41, 5.74) is 2.00. The van der Waals surface area contributed by atoms with Crippen molar-refractivity contribution in [2.45, 2.75) is 25.8 Å². The SMILES string of the molecule is CC#Cc1cccc(-n2cc(C(=O)NC3CC3)c(=O)c3cccnc32)c1.[O-][n+]1ccccc1. The molecule has 5 rings (SSSR count). The molecule has 3 aromatic heterocycles. The minimum atomic E-state index is -0.332. The van der Waals surface area contributed by atoms with Gasteiger partial charge < -0.3 is 15.1 Å². The molecule has 0 aliphatic heterocycles. The summed E-state index contributed by atoms with van der Waals surface area (Å²) in [6.07, 6.45) is 8.03. The van der Waals surface area contributed by atoms with Crippen molar-refractivity contribution in [2.75, 3.05) is 0 Å². The molecule has 1 fully saturated rings. The van der Waals surface area contributed by atoms with Crippen LogP contribution in [-0.4, -0.2) is 21.5 Å². The summed E-state index contributed by atoms with van der Waals surface area (Å²) in [6, 6.07) is 16.4. The van der Waals surface area contributed by atoms with Crippen LogP contribution >= 0.6 is 0 Å². The molecule has 0 radical (unpaired) electrons. The van der Waals surface area contributed by atoms with Crippen LogP contribution in [0.15, 0.2) is 84.2 Å². The maximum atomic E-state index is 12.8. The van der Waals surface area contributed by atoms with E-state index in [2.05, 4.69) is 22.1 Å². The smallest absolute Gasteiger partial charge is 0.257 e. The van der Waals surface area contributed by atoms with Crippen molar-refractivity contribution in [1.29, 1.82) is 0 Å². The first-order chi connectivity index (χ1) is 16.1. The lowest BCUT2D eigenvalue weighted by Crippen LogP contribution is -2.31. The fraction of sp³-hybridized carbons (Fsp3) is 0.154. The predicted octanol–water partition coefficient (Wildman–Crippen LogP) is 2.97. The van der Waals surface area contributed by atoms with Gasteiger partial charge in [0.1, 0.15) is 11.2 Å². The van der Waals surface area contributed by atoms with Crippen LogP contribution < -0.4 is 15.5 Å². The van der Waals surface area contributed by atoms with E-state index in [9.17, 15) is 14.8 Å². The van der Waals surface area contributed by atoms with Crippen molar-refractivity contribution < 1.29 is 9.52 Å². The molecule has 0 saturated heterocycles. The maximum absolute atomic E-state index is 12.8. The van der Waals surface area contributed by atoms with E-state index < -0.39 is 0 Å². The summed E-state index contributed by atoms with van der Waals surface area (Å²) in [7, 11) is 0. The second-order valence-corrected chi connectivity index (χ2v) is 7.52. The lowest BCUT2D eigenvalue weighted by molar-refractivity contribution is -0.605. The quantitative estimate of drug-likeness (QED) is 0.302. The number of aromatic nitrogens is 3. The average Bonchev–Trinajstić information content (AvgIpc) is 3.65. The largest absolute Gasteiger partial charge is 0.619 e. The van der Waals surface area contributed by atoms with E-state index in [4.69, 9.17) is 0 Å². The first-order valence-corrected chi connectivity index (χ1v) is 10.5. The van der Waals surface area contributed by atoms with Crippen LogP contribution in [0, 0.1) is 17.0 Å². The third kappa shape index (κ3) is 5.25. The Morgan fingerprint density at radius 2 is 1.94 bits per heavy atom. The number of amides is 1. The van der Waals surface area contributed by atoms with Crippen LogP contribution in [0.1, 0.15) is 35.7 Å². The molecule has 0 spiro atoms. The molecule has 0 bridgehead atoms. The fourth-order valence-electron chi connectivity index (χ4n) is 3.27. The van der Waals surface area contributed by atoms with E-state index in [0.29, 0.717) is 11.0 Å². The van der Waals surface area contributed by atoms with Gasteiger partial charge in [0.15, 0.2) is 12.4 Å². The number of nitrogens with one attached hydrogen (secondary N) is 1. The van der Waals surface area contributed by atoms with Gasteiger partial charge >= 0.3 is 0 Å². The Balaban J connectivity index is 0.000000318. The Hall–Kier alpha value is -4.44. The number of nitrogens with zero attached hydrogens (tertiary/aromatic N) is 3. The van der Waals surface area contributed by atoms with E-state index in [0.717, 1.165) is 28.8 Å². The zero-order valence-corrected chi connectivity index (χ0v) is 18.1. The topological polar surface area (TPSA) is 90.9 Å². The third-order valence-electron chi connectivity index (χ3n) is 5.00. The van der Waals surface area contributed by atoms with E-state index in [1.807, 2.05) is 24.3 Å². The van der Waals surface area contributed by atoms with Gasteiger partial charge in [-0.1, -0.05) is 18.1 Å². The first kappa shape index (κ1) is 21.8. The molecular formula is C26H22N4O3. The molecule has 7 heteroatoms. The molecule has 0 atom stereocenters. The Bertz CT molecular complexity index is 1410. The van der Waals surface area contributed by atoms with Crippen LogP contribution in [-0.2, 0) is 0 Å². The number of fused-ring (bicyclic) bond motifs is 1. The molecule has 164 valence electrons. The second-order valence-electron chi connectivity index (χ2n) is 7.52. The van der Waals surface area contributed by atoms with Gasteiger partial charge in [-0.25, -0.2) is 4.98 Å². The molecule has 3 heterocycles. The highest BCUT2D eigenvalue weighted by Crippen LogP contribution is 2.20. The van der Waals surface area contributed by atoms with Gasteiger partial charge in [0, 0.05) is 41.8 Å². The summed E-state index contributed by atoms with van der Waals surface area (Å²) in [5.74, 6) is 5.57. The van der Waals surface area contributed by atoms with Gasteiger partial charge in [-0.2, -0.15) is 4.73 Å². The summed E-state index contributed by atoms with van der Waals surface area (Å²) >= 11 is 0. The highest BCUT2D eigenvalue weighted by molar-refractivity contribution is 5.97. The molecule has 1 aromatic carbocycles. The van der Waals surface area contributed by atoms with Gasteiger partial charge in [-0.15, -0.1) is 5.92 Å².